The number of carboxylic acid groups (broad SMARTS) is 1. The number of carboxylic acids is 1. The lowest BCUT2D eigenvalue weighted by molar-refractivity contribution is 0.0597. The number of benzene rings is 1. The van der Waals surface area contributed by atoms with E-state index in [-0.39, 0.29) is 17.0 Å². The van der Waals surface area contributed by atoms with Crippen LogP contribution >= 0.6 is 0 Å². The Hall–Kier alpha value is -2.10. The number of hydrogen-bond acceptors (Lipinski definition) is 2. The fraction of sp³-hybridized carbons (Fsp3) is 0.333. The summed E-state index contributed by atoms with van der Waals surface area (Å²) < 4.78 is 0. The van der Waals surface area contributed by atoms with E-state index in [4.69, 9.17) is 5.11 Å². The molecule has 0 fully saturated rings. The molecule has 102 valence electrons. The normalized spacial score (nSPS) is 10.9. The SMILES string of the molecule is C=CCN(C(=O)c1ccccc1C(=O)O)C(C)(C)C. The summed E-state index contributed by atoms with van der Waals surface area (Å²) in [5.41, 5.74) is -0.186. The van der Waals surface area contributed by atoms with E-state index in [0.717, 1.165) is 0 Å². The van der Waals surface area contributed by atoms with E-state index in [1.165, 1.54) is 12.1 Å². The van der Waals surface area contributed by atoms with Crippen LogP contribution in [0.2, 0.25) is 0 Å². The molecule has 1 rings (SSSR count). The van der Waals surface area contributed by atoms with E-state index in [1.54, 1.807) is 23.1 Å². The summed E-state index contributed by atoms with van der Waals surface area (Å²) in [4.78, 5) is 25.3. The second-order valence-electron chi connectivity index (χ2n) is 5.23. The van der Waals surface area contributed by atoms with Crippen molar-refractivity contribution in [1.82, 2.24) is 4.90 Å². The van der Waals surface area contributed by atoms with Gasteiger partial charge in [-0.15, -0.1) is 6.58 Å². The minimum Gasteiger partial charge on any atom is -0.478 e. The van der Waals surface area contributed by atoms with E-state index < -0.39 is 11.5 Å². The zero-order valence-electron chi connectivity index (χ0n) is 11.5. The van der Waals surface area contributed by atoms with Crippen LogP contribution in [0.15, 0.2) is 36.9 Å². The van der Waals surface area contributed by atoms with E-state index >= 15 is 0 Å². The first-order chi connectivity index (χ1) is 8.79. The van der Waals surface area contributed by atoms with Crippen LogP contribution in [0.3, 0.4) is 0 Å². The number of hydrogen-bond donors (Lipinski definition) is 1. The number of amides is 1. The van der Waals surface area contributed by atoms with Crippen LogP contribution in [0.5, 0.6) is 0 Å². The average molecular weight is 261 g/mol. The first kappa shape index (κ1) is 15.0. The molecule has 4 heteroatoms. The van der Waals surface area contributed by atoms with Gasteiger partial charge in [0.2, 0.25) is 0 Å². The van der Waals surface area contributed by atoms with Crippen LogP contribution in [0.25, 0.3) is 0 Å². The van der Waals surface area contributed by atoms with Gasteiger partial charge in [0.05, 0.1) is 11.1 Å². The molecule has 0 saturated heterocycles. The van der Waals surface area contributed by atoms with Crippen LogP contribution in [0.1, 0.15) is 41.5 Å². The van der Waals surface area contributed by atoms with Gasteiger partial charge in [-0.25, -0.2) is 4.79 Å². The third-order valence-electron chi connectivity index (χ3n) is 2.75. The van der Waals surface area contributed by atoms with Gasteiger partial charge < -0.3 is 10.0 Å². The molecule has 0 saturated carbocycles. The van der Waals surface area contributed by atoms with Gasteiger partial charge in [-0.2, -0.15) is 0 Å². The Kier molecular flexibility index (Phi) is 4.48. The van der Waals surface area contributed by atoms with Crippen LogP contribution in [0, 0.1) is 0 Å². The minimum absolute atomic E-state index is 0.0193. The Labute approximate surface area is 113 Å². The van der Waals surface area contributed by atoms with Crippen LogP contribution < -0.4 is 0 Å². The number of aromatic carboxylic acids is 1. The fourth-order valence-electron chi connectivity index (χ4n) is 1.79. The van der Waals surface area contributed by atoms with E-state index in [9.17, 15) is 9.59 Å². The Balaban J connectivity index is 3.24. The van der Waals surface area contributed by atoms with Crippen molar-refractivity contribution in [3.63, 3.8) is 0 Å². The molecule has 0 bridgehead atoms. The third kappa shape index (κ3) is 3.44. The summed E-state index contributed by atoms with van der Waals surface area (Å²) in [6.45, 7) is 9.71. The molecule has 0 atom stereocenters. The predicted molar refractivity (Wildman–Crippen MR) is 74.4 cm³/mol. The van der Waals surface area contributed by atoms with E-state index in [2.05, 4.69) is 6.58 Å². The molecule has 1 amide bonds. The van der Waals surface area contributed by atoms with Crippen LogP contribution in [0.4, 0.5) is 0 Å². The maximum absolute atomic E-state index is 12.5. The molecule has 0 aliphatic carbocycles. The van der Waals surface area contributed by atoms with Gasteiger partial charge in [0, 0.05) is 12.1 Å². The van der Waals surface area contributed by atoms with E-state index in [1.807, 2.05) is 20.8 Å². The Morgan fingerprint density at radius 2 is 1.79 bits per heavy atom. The molecule has 0 radical (unpaired) electrons. The minimum atomic E-state index is -1.10. The van der Waals surface area contributed by atoms with Crippen molar-refractivity contribution in [2.24, 2.45) is 0 Å². The summed E-state index contributed by atoms with van der Waals surface area (Å²) in [5, 5.41) is 9.14. The molecule has 19 heavy (non-hydrogen) atoms. The molecule has 0 aliphatic rings. The molecular weight excluding hydrogens is 242 g/mol. The Morgan fingerprint density at radius 1 is 1.26 bits per heavy atom. The molecule has 1 aromatic carbocycles. The number of carbonyl (C=O) groups excluding carboxylic acids is 1. The standard InChI is InChI=1S/C15H19NO3/c1-5-10-16(15(2,3)4)13(17)11-8-6-7-9-12(11)14(18)19/h5-9H,1,10H2,2-4H3,(H,18,19). The summed E-state index contributed by atoms with van der Waals surface area (Å²) >= 11 is 0. The second-order valence-corrected chi connectivity index (χ2v) is 5.23. The Bertz CT molecular complexity index is 500. The molecule has 0 heterocycles. The highest BCUT2D eigenvalue weighted by Crippen LogP contribution is 2.19. The van der Waals surface area contributed by atoms with Gasteiger partial charge >= 0.3 is 5.97 Å². The molecule has 0 aromatic heterocycles. The summed E-state index contributed by atoms with van der Waals surface area (Å²) in [6.07, 6.45) is 1.63. The van der Waals surface area contributed by atoms with Crippen molar-refractivity contribution < 1.29 is 14.7 Å². The molecule has 1 N–H and O–H groups in total. The predicted octanol–water partition coefficient (Wildman–Crippen LogP) is 2.81. The fourth-order valence-corrected chi connectivity index (χ4v) is 1.79. The highest BCUT2D eigenvalue weighted by molar-refractivity contribution is 6.05. The largest absolute Gasteiger partial charge is 0.478 e. The highest BCUT2D eigenvalue weighted by Gasteiger charge is 2.28. The monoisotopic (exact) mass is 261 g/mol. The Morgan fingerprint density at radius 3 is 2.21 bits per heavy atom. The highest BCUT2D eigenvalue weighted by atomic mass is 16.4. The average Bonchev–Trinajstić information content (AvgIpc) is 2.33. The van der Waals surface area contributed by atoms with Crippen molar-refractivity contribution in [1.29, 1.82) is 0 Å². The van der Waals surface area contributed by atoms with Crippen LogP contribution in [-0.4, -0.2) is 34.0 Å². The van der Waals surface area contributed by atoms with Gasteiger partial charge in [0.1, 0.15) is 0 Å². The quantitative estimate of drug-likeness (QED) is 0.848. The lowest BCUT2D eigenvalue weighted by Gasteiger charge is -2.35. The van der Waals surface area contributed by atoms with Gasteiger partial charge in [-0.1, -0.05) is 18.2 Å². The van der Waals surface area contributed by atoms with E-state index in [0.29, 0.717) is 6.54 Å². The number of rotatable bonds is 4. The number of nitrogens with zero attached hydrogens (tertiary/aromatic N) is 1. The summed E-state index contributed by atoms with van der Waals surface area (Å²) in [5.74, 6) is -1.40. The van der Waals surface area contributed by atoms with Crippen LogP contribution in [-0.2, 0) is 0 Å². The van der Waals surface area contributed by atoms with Crippen molar-refractivity contribution in [3.05, 3.63) is 48.0 Å². The maximum atomic E-state index is 12.5. The molecular formula is C15H19NO3. The summed E-state index contributed by atoms with van der Waals surface area (Å²) in [6, 6.07) is 6.24. The lowest BCUT2D eigenvalue weighted by Crippen LogP contribution is -2.46. The summed E-state index contributed by atoms with van der Waals surface area (Å²) in [7, 11) is 0. The van der Waals surface area contributed by atoms with Crippen molar-refractivity contribution in [3.8, 4) is 0 Å². The first-order valence-corrected chi connectivity index (χ1v) is 6.04. The lowest BCUT2D eigenvalue weighted by atomic mass is 10.0. The van der Waals surface area contributed by atoms with Gasteiger partial charge in [-0.05, 0) is 32.9 Å². The second kappa shape index (κ2) is 5.69. The molecule has 1 aromatic rings. The van der Waals surface area contributed by atoms with Gasteiger partial charge in [0.25, 0.3) is 5.91 Å². The molecule has 0 unspecified atom stereocenters. The third-order valence-corrected chi connectivity index (χ3v) is 2.75. The topological polar surface area (TPSA) is 57.6 Å². The zero-order chi connectivity index (χ0) is 14.6. The zero-order valence-corrected chi connectivity index (χ0v) is 11.5. The molecule has 4 nitrogen and oxygen atoms in total. The number of carbonyl (C=O) groups is 2. The first-order valence-electron chi connectivity index (χ1n) is 6.04. The van der Waals surface area contributed by atoms with Crippen molar-refractivity contribution in [2.75, 3.05) is 6.54 Å². The molecule has 0 spiro atoms. The maximum Gasteiger partial charge on any atom is 0.336 e. The van der Waals surface area contributed by atoms with Gasteiger partial charge in [0.15, 0.2) is 0 Å². The van der Waals surface area contributed by atoms with Crippen molar-refractivity contribution in [2.45, 2.75) is 26.3 Å². The van der Waals surface area contributed by atoms with Crippen molar-refractivity contribution >= 4 is 11.9 Å². The van der Waals surface area contributed by atoms with Gasteiger partial charge in [-0.3, -0.25) is 4.79 Å². The smallest absolute Gasteiger partial charge is 0.336 e. The molecule has 0 aliphatic heterocycles.